The quantitative estimate of drug-likeness (QED) is 0.230. The number of ether oxygens (including phenoxy) is 2. The largest absolute Gasteiger partial charge is 0.493 e. The van der Waals surface area contributed by atoms with Gasteiger partial charge in [0.25, 0.3) is 5.56 Å². The molecule has 0 amide bonds. The maximum Gasteiger partial charge on any atom is 0.344 e. The maximum absolute atomic E-state index is 13.5. The summed E-state index contributed by atoms with van der Waals surface area (Å²) in [7, 11) is 1.40. The topological polar surface area (TPSA) is 116 Å². The van der Waals surface area contributed by atoms with Gasteiger partial charge in [-0.25, -0.2) is 9.78 Å². The van der Waals surface area contributed by atoms with Crippen LogP contribution in [0.1, 0.15) is 12.5 Å². The first-order valence-corrected chi connectivity index (χ1v) is 12.4. The number of halogens is 2. The van der Waals surface area contributed by atoms with Crippen molar-refractivity contribution in [2.45, 2.75) is 13.0 Å². The number of aromatic nitrogens is 2. The van der Waals surface area contributed by atoms with E-state index in [1.54, 1.807) is 36.4 Å². The van der Waals surface area contributed by atoms with Crippen molar-refractivity contribution >= 4 is 61.6 Å². The summed E-state index contributed by atoms with van der Waals surface area (Å²) in [5.74, 6) is -0.285. The van der Waals surface area contributed by atoms with Crippen LogP contribution in [0.4, 0.5) is 0 Å². The highest BCUT2D eigenvalue weighted by atomic mass is 79.9. The second-order valence-electron chi connectivity index (χ2n) is 8.24. The number of methoxy groups -OCH3 is 1. The fourth-order valence-corrected chi connectivity index (χ4v) is 4.44. The Labute approximate surface area is 229 Å². The fraction of sp³-hybridized carbons (Fsp3) is 0.111. The van der Waals surface area contributed by atoms with Gasteiger partial charge in [-0.3, -0.25) is 4.79 Å². The van der Waals surface area contributed by atoms with E-state index in [0.717, 1.165) is 14.5 Å². The molecule has 11 heteroatoms. The van der Waals surface area contributed by atoms with Gasteiger partial charge in [-0.1, -0.05) is 39.7 Å². The van der Waals surface area contributed by atoms with E-state index in [4.69, 9.17) is 30.6 Å². The highest BCUT2D eigenvalue weighted by molar-refractivity contribution is 9.10. The molecule has 0 fully saturated rings. The molecule has 0 saturated heterocycles. The third kappa shape index (κ3) is 4.88. The van der Waals surface area contributed by atoms with E-state index in [1.807, 2.05) is 18.2 Å². The van der Waals surface area contributed by atoms with Crippen LogP contribution in [-0.2, 0) is 4.79 Å². The van der Waals surface area contributed by atoms with Crippen molar-refractivity contribution in [1.29, 1.82) is 0 Å². The molecule has 0 radical (unpaired) electrons. The molecule has 0 unspecified atom stereocenters. The van der Waals surface area contributed by atoms with E-state index >= 15 is 0 Å². The van der Waals surface area contributed by atoms with Crippen LogP contribution >= 0.6 is 27.5 Å². The molecule has 5 rings (SSSR count). The number of carboxylic acids is 1. The van der Waals surface area contributed by atoms with Crippen molar-refractivity contribution in [3.8, 4) is 23.1 Å². The van der Waals surface area contributed by atoms with Crippen molar-refractivity contribution in [2.75, 3.05) is 7.11 Å². The number of aliphatic carboxylic acids is 1. The summed E-state index contributed by atoms with van der Waals surface area (Å²) in [6, 6.07) is 17.4. The Morgan fingerprint density at radius 1 is 1.21 bits per heavy atom. The van der Waals surface area contributed by atoms with Crippen LogP contribution in [0, 0.1) is 0 Å². The second kappa shape index (κ2) is 10.3. The zero-order valence-corrected chi connectivity index (χ0v) is 22.4. The summed E-state index contributed by atoms with van der Waals surface area (Å²) in [4.78, 5) is 29.4. The fourth-order valence-electron chi connectivity index (χ4n) is 3.79. The molecule has 3 aromatic carbocycles. The minimum absolute atomic E-state index is 0.0832. The number of rotatable bonds is 7. The maximum atomic E-state index is 13.5. The molecule has 1 atom stereocenters. The molecular formula is C27H19BrClN3O6. The van der Waals surface area contributed by atoms with E-state index in [0.29, 0.717) is 27.8 Å². The van der Waals surface area contributed by atoms with E-state index in [-0.39, 0.29) is 22.3 Å². The first kappa shape index (κ1) is 25.5. The lowest BCUT2D eigenvalue weighted by molar-refractivity contribution is -0.144. The van der Waals surface area contributed by atoms with Gasteiger partial charge in [0.1, 0.15) is 5.58 Å². The molecule has 0 saturated carbocycles. The van der Waals surface area contributed by atoms with Crippen LogP contribution in [0.3, 0.4) is 0 Å². The Morgan fingerprint density at radius 3 is 2.76 bits per heavy atom. The molecule has 0 aliphatic carbocycles. The number of benzene rings is 3. The molecule has 38 heavy (non-hydrogen) atoms. The van der Waals surface area contributed by atoms with Gasteiger partial charge in [0.15, 0.2) is 23.4 Å². The summed E-state index contributed by atoms with van der Waals surface area (Å²) in [6.45, 7) is 1.38. The van der Waals surface area contributed by atoms with Gasteiger partial charge in [-0.15, -0.1) is 0 Å². The lowest BCUT2D eigenvalue weighted by Crippen LogP contribution is -2.23. The lowest BCUT2D eigenvalue weighted by atomic mass is 10.2. The third-order valence-electron chi connectivity index (χ3n) is 5.67. The SMILES string of the molecule is COc1cc(C=Nn2c(-c3cc4cc(Br)ccc4o3)nc3ccccc3c2=O)cc(Cl)c1O[C@@H](C)C(=O)O. The molecule has 5 aromatic rings. The minimum Gasteiger partial charge on any atom is -0.493 e. The van der Waals surface area contributed by atoms with Crippen molar-refractivity contribution < 1.29 is 23.8 Å². The number of hydrogen-bond donors (Lipinski definition) is 1. The predicted molar refractivity (Wildman–Crippen MR) is 148 cm³/mol. The van der Waals surface area contributed by atoms with E-state index < -0.39 is 17.6 Å². The highest BCUT2D eigenvalue weighted by Crippen LogP contribution is 2.37. The molecule has 9 nitrogen and oxygen atoms in total. The summed E-state index contributed by atoms with van der Waals surface area (Å²) < 4.78 is 18.9. The van der Waals surface area contributed by atoms with E-state index in [1.165, 1.54) is 26.3 Å². The van der Waals surface area contributed by atoms with Crippen LogP contribution in [-0.4, -0.2) is 40.2 Å². The average Bonchev–Trinajstić information content (AvgIpc) is 3.32. The van der Waals surface area contributed by atoms with Crippen LogP contribution in [0.25, 0.3) is 33.5 Å². The number of carbonyl (C=O) groups is 1. The zero-order chi connectivity index (χ0) is 27.0. The van der Waals surface area contributed by atoms with Gasteiger partial charge in [-0.2, -0.15) is 9.78 Å². The van der Waals surface area contributed by atoms with Crippen LogP contribution in [0.2, 0.25) is 5.02 Å². The normalized spacial score (nSPS) is 12.3. The number of fused-ring (bicyclic) bond motifs is 2. The number of hydrogen-bond acceptors (Lipinski definition) is 7. The summed E-state index contributed by atoms with van der Waals surface area (Å²) >= 11 is 9.83. The van der Waals surface area contributed by atoms with Gasteiger partial charge < -0.3 is 19.0 Å². The highest BCUT2D eigenvalue weighted by Gasteiger charge is 2.20. The second-order valence-corrected chi connectivity index (χ2v) is 9.56. The Balaban J connectivity index is 1.63. The molecule has 1 N–H and O–H groups in total. The standard InChI is InChI=1S/C27H19BrClN3O6/c1-14(27(34)35)37-24-19(29)9-15(10-22(24)36-2)13-30-32-25(31-20-6-4-3-5-18(20)26(32)33)23-12-16-11-17(28)7-8-21(16)38-23/h3-14H,1-2H3,(H,34,35)/t14-/m0/s1. The lowest BCUT2D eigenvalue weighted by Gasteiger charge is -2.15. The number of carboxylic acid groups (broad SMARTS) is 1. The van der Waals surface area contributed by atoms with Crippen LogP contribution in [0.15, 0.2) is 79.4 Å². The molecule has 0 aliphatic heterocycles. The summed E-state index contributed by atoms with van der Waals surface area (Å²) in [5, 5.41) is 14.9. The van der Waals surface area contributed by atoms with Crippen LogP contribution in [0.5, 0.6) is 11.5 Å². The molecule has 2 aromatic heterocycles. The van der Waals surface area contributed by atoms with Crippen molar-refractivity contribution in [3.05, 3.63) is 86.1 Å². The van der Waals surface area contributed by atoms with Gasteiger partial charge in [0.05, 0.1) is 29.2 Å². The molecular weight excluding hydrogens is 578 g/mol. The molecule has 2 heterocycles. The third-order valence-corrected chi connectivity index (χ3v) is 6.44. The van der Waals surface area contributed by atoms with Gasteiger partial charge >= 0.3 is 5.97 Å². The van der Waals surface area contributed by atoms with Crippen molar-refractivity contribution in [1.82, 2.24) is 9.66 Å². The Kier molecular flexibility index (Phi) is 6.92. The average molecular weight is 597 g/mol. The van der Waals surface area contributed by atoms with E-state index in [9.17, 15) is 9.59 Å². The van der Waals surface area contributed by atoms with Gasteiger partial charge in [0, 0.05) is 9.86 Å². The Hall–Kier alpha value is -4.15. The first-order chi connectivity index (χ1) is 18.2. The summed E-state index contributed by atoms with van der Waals surface area (Å²) in [6.07, 6.45) is 0.273. The van der Waals surface area contributed by atoms with Gasteiger partial charge in [-0.05, 0) is 61.0 Å². The minimum atomic E-state index is -1.15. The first-order valence-electron chi connectivity index (χ1n) is 11.3. The molecule has 0 spiro atoms. The molecule has 0 aliphatic rings. The van der Waals surface area contributed by atoms with Crippen molar-refractivity contribution in [2.24, 2.45) is 5.10 Å². The number of nitrogens with zero attached hydrogens (tertiary/aromatic N) is 3. The zero-order valence-electron chi connectivity index (χ0n) is 20.0. The molecule has 0 bridgehead atoms. The number of furan rings is 1. The Bertz CT molecular complexity index is 1800. The predicted octanol–water partition coefficient (Wildman–Crippen LogP) is 5.97. The summed E-state index contributed by atoms with van der Waals surface area (Å²) in [5.41, 5.74) is 1.21. The number of para-hydroxylation sites is 1. The van der Waals surface area contributed by atoms with Gasteiger partial charge in [0.2, 0.25) is 5.82 Å². The van der Waals surface area contributed by atoms with Crippen LogP contribution < -0.4 is 15.0 Å². The van der Waals surface area contributed by atoms with E-state index in [2.05, 4.69) is 26.0 Å². The smallest absolute Gasteiger partial charge is 0.344 e. The van der Waals surface area contributed by atoms with Crippen molar-refractivity contribution in [3.63, 3.8) is 0 Å². The molecule has 192 valence electrons. The monoisotopic (exact) mass is 595 g/mol. The Morgan fingerprint density at radius 2 is 2.00 bits per heavy atom.